The number of hydrogen-bond donors (Lipinski definition) is 2. The van der Waals surface area contributed by atoms with Gasteiger partial charge in [-0.2, -0.15) is 0 Å². The number of carbonyl (C=O) groups is 2. The number of methoxy groups -OCH3 is 1. The molecule has 2 rings (SSSR count). The van der Waals surface area contributed by atoms with E-state index in [2.05, 4.69) is 10.6 Å². The van der Waals surface area contributed by atoms with Crippen molar-refractivity contribution in [3.8, 4) is 5.75 Å². The second kappa shape index (κ2) is 9.01. The number of amides is 2. The number of ether oxygens (including phenoxy) is 1. The van der Waals surface area contributed by atoms with Gasteiger partial charge >= 0.3 is 0 Å². The van der Waals surface area contributed by atoms with E-state index in [4.69, 9.17) is 4.74 Å². The van der Waals surface area contributed by atoms with Gasteiger partial charge in [-0.15, -0.1) is 0 Å². The van der Waals surface area contributed by atoms with Crippen molar-refractivity contribution >= 4 is 17.5 Å². The van der Waals surface area contributed by atoms with Crippen LogP contribution in [0, 0.1) is 0 Å². The third kappa shape index (κ3) is 5.07. The lowest BCUT2D eigenvalue weighted by Crippen LogP contribution is -2.34. The number of para-hydroxylation sites is 1. The van der Waals surface area contributed by atoms with Gasteiger partial charge in [-0.25, -0.2) is 0 Å². The van der Waals surface area contributed by atoms with Crippen molar-refractivity contribution in [2.45, 2.75) is 13.0 Å². The van der Waals surface area contributed by atoms with Crippen LogP contribution in [-0.4, -0.2) is 44.5 Å². The molecule has 0 aliphatic heterocycles. The molecule has 0 fully saturated rings. The maximum Gasteiger partial charge on any atom is 0.251 e. The maximum absolute atomic E-state index is 12.5. The van der Waals surface area contributed by atoms with Crippen LogP contribution in [0.15, 0.2) is 48.5 Å². The molecule has 0 bridgehead atoms. The molecule has 0 aliphatic rings. The zero-order valence-electron chi connectivity index (χ0n) is 15.6. The first-order valence-electron chi connectivity index (χ1n) is 8.37. The summed E-state index contributed by atoms with van der Waals surface area (Å²) in [6.07, 6.45) is 0. The molecule has 26 heavy (non-hydrogen) atoms. The molecular formula is C20H25N3O3. The summed E-state index contributed by atoms with van der Waals surface area (Å²) in [5.41, 5.74) is 2.10. The van der Waals surface area contributed by atoms with Gasteiger partial charge in [0, 0.05) is 30.3 Å². The number of likely N-dealkylation sites (N-methyl/N-ethyl adjacent to an activating group) is 1. The van der Waals surface area contributed by atoms with Crippen LogP contribution in [-0.2, 0) is 4.79 Å². The quantitative estimate of drug-likeness (QED) is 0.801. The van der Waals surface area contributed by atoms with Crippen molar-refractivity contribution < 1.29 is 14.3 Å². The molecule has 2 amide bonds. The summed E-state index contributed by atoms with van der Waals surface area (Å²) in [5, 5.41) is 5.64. The topological polar surface area (TPSA) is 70.7 Å². The predicted octanol–water partition coefficient (Wildman–Crippen LogP) is 2.69. The Balaban J connectivity index is 2.12. The van der Waals surface area contributed by atoms with Crippen molar-refractivity contribution in [1.82, 2.24) is 10.2 Å². The van der Waals surface area contributed by atoms with E-state index >= 15 is 0 Å². The van der Waals surface area contributed by atoms with Crippen molar-refractivity contribution in [1.29, 1.82) is 0 Å². The zero-order chi connectivity index (χ0) is 19.1. The molecule has 2 aromatic carbocycles. The van der Waals surface area contributed by atoms with E-state index in [-0.39, 0.29) is 17.9 Å². The van der Waals surface area contributed by atoms with Crippen LogP contribution in [0.4, 0.5) is 5.69 Å². The van der Waals surface area contributed by atoms with Gasteiger partial charge in [-0.05, 0) is 38.4 Å². The van der Waals surface area contributed by atoms with Crippen molar-refractivity contribution in [3.63, 3.8) is 0 Å². The van der Waals surface area contributed by atoms with Gasteiger partial charge in [0.2, 0.25) is 5.91 Å². The van der Waals surface area contributed by atoms with Gasteiger partial charge in [-0.3, -0.25) is 9.59 Å². The van der Waals surface area contributed by atoms with Crippen LogP contribution in [0.1, 0.15) is 28.9 Å². The van der Waals surface area contributed by atoms with E-state index in [0.717, 1.165) is 11.3 Å². The number of benzene rings is 2. The molecule has 0 aliphatic carbocycles. The predicted molar refractivity (Wildman–Crippen MR) is 103 cm³/mol. The monoisotopic (exact) mass is 355 g/mol. The first kappa shape index (κ1) is 19.5. The third-order valence-electron chi connectivity index (χ3n) is 4.02. The average Bonchev–Trinajstić information content (AvgIpc) is 2.61. The summed E-state index contributed by atoms with van der Waals surface area (Å²) in [6.45, 7) is 1.86. The van der Waals surface area contributed by atoms with Crippen molar-refractivity contribution in [3.05, 3.63) is 59.7 Å². The highest BCUT2D eigenvalue weighted by molar-refractivity contribution is 5.96. The maximum atomic E-state index is 12.5. The molecule has 0 saturated heterocycles. The van der Waals surface area contributed by atoms with Gasteiger partial charge in [0.25, 0.3) is 5.91 Å². The molecule has 0 spiro atoms. The van der Waals surface area contributed by atoms with Crippen LogP contribution >= 0.6 is 0 Å². The Bertz CT molecular complexity index is 774. The average molecular weight is 355 g/mol. The van der Waals surface area contributed by atoms with Crippen molar-refractivity contribution in [2.75, 3.05) is 33.1 Å². The molecule has 1 unspecified atom stereocenters. The first-order valence-corrected chi connectivity index (χ1v) is 8.37. The highest BCUT2D eigenvalue weighted by Crippen LogP contribution is 2.27. The lowest BCUT2D eigenvalue weighted by molar-refractivity contribution is -0.114. The molecule has 0 heterocycles. The Labute approximate surface area is 154 Å². The van der Waals surface area contributed by atoms with Crippen molar-refractivity contribution in [2.24, 2.45) is 0 Å². The van der Waals surface area contributed by atoms with Gasteiger partial charge in [0.05, 0.1) is 13.2 Å². The van der Waals surface area contributed by atoms with Gasteiger partial charge in [0.1, 0.15) is 5.75 Å². The summed E-state index contributed by atoms with van der Waals surface area (Å²) in [5.74, 6) is 0.415. The van der Waals surface area contributed by atoms with E-state index < -0.39 is 0 Å². The minimum Gasteiger partial charge on any atom is -0.496 e. The Morgan fingerprint density at radius 3 is 2.50 bits per heavy atom. The summed E-state index contributed by atoms with van der Waals surface area (Å²) in [7, 11) is 5.55. The molecule has 0 saturated carbocycles. The van der Waals surface area contributed by atoms with E-state index in [1.807, 2.05) is 43.3 Å². The van der Waals surface area contributed by atoms with Crippen LogP contribution in [0.3, 0.4) is 0 Å². The minimum absolute atomic E-state index is 0.0337. The zero-order valence-corrected chi connectivity index (χ0v) is 15.6. The summed E-state index contributed by atoms with van der Waals surface area (Å²) in [4.78, 5) is 25.7. The summed E-state index contributed by atoms with van der Waals surface area (Å²) in [6, 6.07) is 14.6. The normalized spacial score (nSPS) is 11.7. The number of carbonyl (C=O) groups excluding carboxylic acids is 2. The van der Waals surface area contributed by atoms with Crippen LogP contribution in [0.5, 0.6) is 5.75 Å². The van der Waals surface area contributed by atoms with E-state index in [1.54, 1.807) is 31.4 Å². The van der Waals surface area contributed by atoms with Gasteiger partial charge < -0.3 is 20.3 Å². The molecule has 6 nitrogen and oxygen atoms in total. The Morgan fingerprint density at radius 2 is 1.85 bits per heavy atom. The lowest BCUT2D eigenvalue weighted by atomic mass is 10.0. The molecule has 1 atom stereocenters. The van der Waals surface area contributed by atoms with E-state index in [1.165, 1.54) is 6.92 Å². The SMILES string of the molecule is COc1ccccc1C(CNC(=O)c1cccc(NC(C)=O)c1)N(C)C. The highest BCUT2D eigenvalue weighted by atomic mass is 16.5. The molecule has 138 valence electrons. The summed E-state index contributed by atoms with van der Waals surface area (Å²) < 4.78 is 5.44. The number of anilines is 1. The number of rotatable bonds is 7. The Morgan fingerprint density at radius 1 is 1.12 bits per heavy atom. The Hall–Kier alpha value is -2.86. The fourth-order valence-electron chi connectivity index (χ4n) is 2.75. The number of hydrogen-bond acceptors (Lipinski definition) is 4. The first-order chi connectivity index (χ1) is 12.4. The fourth-order valence-corrected chi connectivity index (χ4v) is 2.75. The van der Waals surface area contributed by atoms with Crippen LogP contribution in [0.25, 0.3) is 0 Å². The fraction of sp³-hybridized carbons (Fsp3) is 0.300. The van der Waals surface area contributed by atoms with Crippen LogP contribution in [0.2, 0.25) is 0 Å². The second-order valence-corrected chi connectivity index (χ2v) is 6.19. The molecule has 2 N–H and O–H groups in total. The summed E-state index contributed by atoms with van der Waals surface area (Å²) >= 11 is 0. The largest absolute Gasteiger partial charge is 0.496 e. The van der Waals surface area contributed by atoms with E-state index in [0.29, 0.717) is 17.8 Å². The van der Waals surface area contributed by atoms with Crippen LogP contribution < -0.4 is 15.4 Å². The molecule has 6 heteroatoms. The molecule has 2 aromatic rings. The highest BCUT2D eigenvalue weighted by Gasteiger charge is 2.19. The van der Waals surface area contributed by atoms with Gasteiger partial charge in [-0.1, -0.05) is 24.3 Å². The number of nitrogens with one attached hydrogen (secondary N) is 2. The molecule has 0 radical (unpaired) electrons. The standard InChI is InChI=1S/C20H25N3O3/c1-14(24)22-16-9-7-8-15(12-16)20(25)21-13-18(23(2)3)17-10-5-6-11-19(17)26-4/h5-12,18H,13H2,1-4H3,(H,21,25)(H,22,24). The van der Waals surface area contributed by atoms with E-state index in [9.17, 15) is 9.59 Å². The molecular weight excluding hydrogens is 330 g/mol. The minimum atomic E-state index is -0.195. The smallest absolute Gasteiger partial charge is 0.251 e. The second-order valence-electron chi connectivity index (χ2n) is 6.19. The molecule has 0 aromatic heterocycles. The Kier molecular flexibility index (Phi) is 6.74. The third-order valence-corrected chi connectivity index (χ3v) is 4.02. The number of nitrogens with zero attached hydrogens (tertiary/aromatic N) is 1. The lowest BCUT2D eigenvalue weighted by Gasteiger charge is -2.26. The van der Waals surface area contributed by atoms with Gasteiger partial charge in [0.15, 0.2) is 0 Å².